The number of carbonyl (C=O) groups is 1. The maximum atomic E-state index is 12.7. The number of methoxy groups -OCH3 is 1. The maximum absolute atomic E-state index is 12.7. The predicted molar refractivity (Wildman–Crippen MR) is 96.4 cm³/mol. The largest absolute Gasteiger partial charge is 0.497 e. The molecule has 24 heavy (non-hydrogen) atoms. The van der Waals surface area contributed by atoms with E-state index >= 15 is 0 Å². The summed E-state index contributed by atoms with van der Waals surface area (Å²) in [5.74, 6) is 2.47. The third-order valence-corrected chi connectivity index (χ3v) is 5.48. The first-order chi connectivity index (χ1) is 11.6. The third kappa shape index (κ3) is 3.92. The fourth-order valence-electron chi connectivity index (χ4n) is 4.38. The molecule has 2 fully saturated rings. The summed E-state index contributed by atoms with van der Waals surface area (Å²) in [7, 11) is 1.63. The molecule has 0 aromatic heterocycles. The molecule has 3 rings (SSSR count). The fourth-order valence-corrected chi connectivity index (χ4v) is 4.38. The molecule has 2 saturated heterocycles. The van der Waals surface area contributed by atoms with Crippen LogP contribution in [0.2, 0.25) is 0 Å². The number of likely N-dealkylation sites (tertiary alicyclic amines) is 2. The van der Waals surface area contributed by atoms with Crippen LogP contribution >= 0.6 is 0 Å². The Morgan fingerprint density at radius 3 is 2.42 bits per heavy atom. The topological polar surface area (TPSA) is 32.8 Å². The van der Waals surface area contributed by atoms with Crippen molar-refractivity contribution in [1.29, 1.82) is 0 Å². The van der Waals surface area contributed by atoms with E-state index in [4.69, 9.17) is 4.74 Å². The smallest absolute Gasteiger partial charge is 0.253 e. The summed E-state index contributed by atoms with van der Waals surface area (Å²) < 4.78 is 5.23. The second-order valence-corrected chi connectivity index (χ2v) is 7.66. The molecule has 1 aromatic carbocycles. The van der Waals surface area contributed by atoms with E-state index in [2.05, 4.69) is 18.7 Å². The van der Waals surface area contributed by atoms with Gasteiger partial charge in [0.25, 0.3) is 5.91 Å². The minimum absolute atomic E-state index is 0.132. The number of nitrogens with zero attached hydrogens (tertiary/aromatic N) is 2. The van der Waals surface area contributed by atoms with Gasteiger partial charge in [-0.2, -0.15) is 0 Å². The first kappa shape index (κ1) is 17.3. The zero-order valence-electron chi connectivity index (χ0n) is 15.2. The van der Waals surface area contributed by atoms with Crippen LogP contribution in [0.4, 0.5) is 0 Å². The molecule has 2 aliphatic rings. The zero-order chi connectivity index (χ0) is 17.1. The van der Waals surface area contributed by atoms with Crippen molar-refractivity contribution in [2.45, 2.75) is 39.2 Å². The third-order valence-electron chi connectivity index (χ3n) is 5.48. The Bertz CT molecular complexity index is 557. The maximum Gasteiger partial charge on any atom is 0.253 e. The van der Waals surface area contributed by atoms with Crippen LogP contribution in [0.5, 0.6) is 5.75 Å². The molecule has 2 heterocycles. The van der Waals surface area contributed by atoms with E-state index in [1.807, 2.05) is 29.2 Å². The predicted octanol–water partition coefficient (Wildman–Crippen LogP) is 3.28. The summed E-state index contributed by atoms with van der Waals surface area (Å²) in [6.07, 6.45) is 3.54. The Morgan fingerprint density at radius 1 is 1.12 bits per heavy atom. The molecule has 0 aliphatic carbocycles. The number of ether oxygens (including phenoxy) is 1. The molecule has 0 spiro atoms. The monoisotopic (exact) mass is 330 g/mol. The number of carbonyl (C=O) groups excluding carboxylic acids is 1. The van der Waals surface area contributed by atoms with Crippen LogP contribution in [0.15, 0.2) is 24.3 Å². The highest BCUT2D eigenvalue weighted by Crippen LogP contribution is 2.27. The van der Waals surface area contributed by atoms with Gasteiger partial charge >= 0.3 is 0 Å². The van der Waals surface area contributed by atoms with E-state index in [-0.39, 0.29) is 5.91 Å². The molecule has 132 valence electrons. The van der Waals surface area contributed by atoms with E-state index in [0.29, 0.717) is 6.04 Å². The second kappa shape index (κ2) is 7.56. The van der Waals surface area contributed by atoms with Gasteiger partial charge in [0.05, 0.1) is 7.11 Å². The lowest BCUT2D eigenvalue weighted by Gasteiger charge is -2.43. The first-order valence-corrected chi connectivity index (χ1v) is 9.24. The summed E-state index contributed by atoms with van der Waals surface area (Å²) in [6.45, 7) is 8.89. The van der Waals surface area contributed by atoms with Crippen molar-refractivity contribution in [1.82, 2.24) is 9.80 Å². The van der Waals surface area contributed by atoms with E-state index in [1.54, 1.807) is 7.11 Å². The fraction of sp³-hybridized carbons (Fsp3) is 0.650. The molecule has 0 unspecified atom stereocenters. The van der Waals surface area contributed by atoms with E-state index in [9.17, 15) is 4.79 Å². The average Bonchev–Trinajstić information content (AvgIpc) is 2.60. The van der Waals surface area contributed by atoms with Gasteiger partial charge in [-0.25, -0.2) is 0 Å². The quantitative estimate of drug-likeness (QED) is 0.853. The van der Waals surface area contributed by atoms with Crippen molar-refractivity contribution in [3.63, 3.8) is 0 Å². The molecular formula is C20H30N2O2. The normalized spacial score (nSPS) is 26.4. The van der Waals surface area contributed by atoms with Crippen LogP contribution in [0.25, 0.3) is 0 Å². The highest BCUT2D eigenvalue weighted by molar-refractivity contribution is 5.94. The Balaban J connectivity index is 1.57. The lowest BCUT2D eigenvalue weighted by molar-refractivity contribution is 0.0450. The van der Waals surface area contributed by atoms with Crippen molar-refractivity contribution < 1.29 is 9.53 Å². The van der Waals surface area contributed by atoms with Gasteiger partial charge in [-0.15, -0.1) is 0 Å². The second-order valence-electron chi connectivity index (χ2n) is 7.66. The van der Waals surface area contributed by atoms with Crippen molar-refractivity contribution in [3.8, 4) is 5.75 Å². The standard InChI is InChI=1S/C20H30N2O2/c1-15-11-16(2)14-22(13-15)18-7-9-21(10-8-18)20(23)17-5-4-6-19(12-17)24-3/h4-6,12,15-16,18H,7-11,13-14H2,1-3H3/t15-,16-/m1/s1. The first-order valence-electron chi connectivity index (χ1n) is 9.24. The Morgan fingerprint density at radius 2 is 1.79 bits per heavy atom. The molecule has 0 radical (unpaired) electrons. The zero-order valence-corrected chi connectivity index (χ0v) is 15.2. The SMILES string of the molecule is COc1cccc(C(=O)N2CCC(N3C[C@H](C)C[C@@H](C)C3)CC2)c1. The molecule has 0 N–H and O–H groups in total. The molecule has 4 heteroatoms. The van der Waals surface area contributed by atoms with Gasteiger partial charge < -0.3 is 9.64 Å². The highest BCUT2D eigenvalue weighted by atomic mass is 16.5. The van der Waals surface area contributed by atoms with Crippen LogP contribution in [-0.2, 0) is 0 Å². The van der Waals surface area contributed by atoms with E-state index in [1.165, 1.54) is 19.5 Å². The summed E-state index contributed by atoms with van der Waals surface area (Å²) in [5, 5.41) is 0. The Labute approximate surface area is 145 Å². The van der Waals surface area contributed by atoms with Crippen LogP contribution < -0.4 is 4.74 Å². The van der Waals surface area contributed by atoms with Crippen molar-refractivity contribution in [2.75, 3.05) is 33.3 Å². The number of rotatable bonds is 3. The van der Waals surface area contributed by atoms with Crippen molar-refractivity contribution in [3.05, 3.63) is 29.8 Å². The van der Waals surface area contributed by atoms with Crippen LogP contribution in [0.3, 0.4) is 0 Å². The van der Waals surface area contributed by atoms with E-state index in [0.717, 1.165) is 49.1 Å². The summed E-state index contributed by atoms with van der Waals surface area (Å²) in [4.78, 5) is 17.4. The van der Waals surface area contributed by atoms with Gasteiger partial charge in [0.2, 0.25) is 0 Å². The van der Waals surface area contributed by atoms with Gasteiger partial charge in [0, 0.05) is 37.8 Å². The lowest BCUT2D eigenvalue weighted by Crippen LogP contribution is -2.50. The molecule has 1 amide bonds. The molecule has 0 saturated carbocycles. The molecule has 2 aliphatic heterocycles. The molecule has 4 nitrogen and oxygen atoms in total. The summed E-state index contributed by atoms with van der Waals surface area (Å²) in [5.41, 5.74) is 0.730. The number of piperidine rings is 2. The summed E-state index contributed by atoms with van der Waals surface area (Å²) in [6, 6.07) is 8.12. The summed E-state index contributed by atoms with van der Waals surface area (Å²) >= 11 is 0. The lowest BCUT2D eigenvalue weighted by atomic mass is 9.89. The van der Waals surface area contributed by atoms with Crippen LogP contribution in [0, 0.1) is 11.8 Å². The van der Waals surface area contributed by atoms with Crippen molar-refractivity contribution in [2.24, 2.45) is 11.8 Å². The average molecular weight is 330 g/mol. The van der Waals surface area contributed by atoms with Crippen molar-refractivity contribution >= 4 is 5.91 Å². The van der Waals surface area contributed by atoms with Gasteiger partial charge in [-0.1, -0.05) is 19.9 Å². The minimum Gasteiger partial charge on any atom is -0.497 e. The van der Waals surface area contributed by atoms with Crippen LogP contribution in [-0.4, -0.2) is 55.0 Å². The molecular weight excluding hydrogens is 300 g/mol. The minimum atomic E-state index is 0.132. The number of hydrogen-bond acceptors (Lipinski definition) is 3. The molecule has 0 bridgehead atoms. The molecule has 1 aromatic rings. The number of hydrogen-bond donors (Lipinski definition) is 0. The number of amides is 1. The van der Waals surface area contributed by atoms with Gasteiger partial charge in [0.1, 0.15) is 5.75 Å². The van der Waals surface area contributed by atoms with Gasteiger partial charge in [-0.3, -0.25) is 9.69 Å². The highest BCUT2D eigenvalue weighted by Gasteiger charge is 2.31. The van der Waals surface area contributed by atoms with Gasteiger partial charge in [-0.05, 0) is 49.3 Å². The molecule has 2 atom stereocenters. The Hall–Kier alpha value is -1.55. The van der Waals surface area contributed by atoms with Gasteiger partial charge in [0.15, 0.2) is 0 Å². The number of benzene rings is 1. The van der Waals surface area contributed by atoms with E-state index < -0.39 is 0 Å². The Kier molecular flexibility index (Phi) is 5.44. The van der Waals surface area contributed by atoms with Crippen LogP contribution in [0.1, 0.15) is 43.5 Å².